The molecule has 0 aliphatic carbocycles. The molecule has 0 aromatic heterocycles. The van der Waals surface area contributed by atoms with Crippen molar-refractivity contribution >= 4 is 17.9 Å². The standard InChI is InChI=1S/C28H35NO7/c1-6-28(29(4)5,20-22-10-8-7-9-11-22)25(30)23-12-14-24(15-13-23)33-16-18-35-27(32)36-19-17-34-26(31)21(2)3/h7-15H,2,6,16-20H2,1,3-5H3. The van der Waals surface area contributed by atoms with Crippen LogP contribution in [-0.4, -0.2) is 68.9 Å². The summed E-state index contributed by atoms with van der Waals surface area (Å²) in [6.45, 7) is 6.88. The predicted octanol–water partition coefficient (Wildman–Crippen LogP) is 4.47. The second-order valence-electron chi connectivity index (χ2n) is 8.51. The van der Waals surface area contributed by atoms with Crippen LogP contribution in [0.25, 0.3) is 0 Å². The third-order valence-electron chi connectivity index (χ3n) is 5.78. The van der Waals surface area contributed by atoms with Gasteiger partial charge in [-0.3, -0.25) is 9.69 Å². The molecule has 194 valence electrons. The molecule has 0 N–H and O–H groups in total. The molecular formula is C28H35NO7. The van der Waals surface area contributed by atoms with Gasteiger partial charge in [0.25, 0.3) is 0 Å². The van der Waals surface area contributed by atoms with Crippen LogP contribution in [0.3, 0.4) is 0 Å². The number of rotatable bonds is 14. The summed E-state index contributed by atoms with van der Waals surface area (Å²) < 4.78 is 20.1. The monoisotopic (exact) mass is 497 g/mol. The molecule has 0 spiro atoms. The van der Waals surface area contributed by atoms with Crippen molar-refractivity contribution in [1.29, 1.82) is 0 Å². The molecule has 8 heteroatoms. The van der Waals surface area contributed by atoms with E-state index in [9.17, 15) is 14.4 Å². The second-order valence-corrected chi connectivity index (χ2v) is 8.51. The Hall–Kier alpha value is -3.65. The zero-order valence-corrected chi connectivity index (χ0v) is 21.5. The van der Waals surface area contributed by atoms with E-state index < -0.39 is 17.7 Å². The molecule has 36 heavy (non-hydrogen) atoms. The summed E-state index contributed by atoms with van der Waals surface area (Å²) in [4.78, 5) is 38.4. The Bertz CT molecular complexity index is 1020. The molecule has 8 nitrogen and oxygen atoms in total. The molecule has 0 aliphatic heterocycles. The largest absolute Gasteiger partial charge is 0.508 e. The summed E-state index contributed by atoms with van der Waals surface area (Å²) in [6.07, 6.45) is 0.387. The summed E-state index contributed by atoms with van der Waals surface area (Å²) in [5, 5.41) is 0. The zero-order chi connectivity index (χ0) is 26.6. The average molecular weight is 498 g/mol. The van der Waals surface area contributed by atoms with Gasteiger partial charge in [0, 0.05) is 11.1 Å². The zero-order valence-electron chi connectivity index (χ0n) is 21.5. The number of nitrogens with zero attached hydrogens (tertiary/aromatic N) is 1. The van der Waals surface area contributed by atoms with Crippen LogP contribution in [0.5, 0.6) is 5.75 Å². The summed E-state index contributed by atoms with van der Waals surface area (Å²) in [5.41, 5.74) is 1.30. The summed E-state index contributed by atoms with van der Waals surface area (Å²) in [7, 11) is 3.86. The van der Waals surface area contributed by atoms with Gasteiger partial charge in [-0.05, 0) is 63.7 Å². The van der Waals surface area contributed by atoms with Crippen LogP contribution in [0.1, 0.15) is 36.2 Å². The Kier molecular flexibility index (Phi) is 11.1. The predicted molar refractivity (Wildman–Crippen MR) is 136 cm³/mol. The summed E-state index contributed by atoms with van der Waals surface area (Å²) in [5.74, 6) is 0.0435. The van der Waals surface area contributed by atoms with Gasteiger partial charge in [-0.25, -0.2) is 9.59 Å². The highest BCUT2D eigenvalue weighted by atomic mass is 16.7. The first-order chi connectivity index (χ1) is 17.2. The lowest BCUT2D eigenvalue weighted by molar-refractivity contribution is -0.140. The Balaban J connectivity index is 1.84. The minimum atomic E-state index is -0.885. The SMILES string of the molecule is C=C(C)C(=O)OCCOC(=O)OCCOc1ccc(C(=O)C(CC)(Cc2ccccc2)N(C)C)cc1. The maximum atomic E-state index is 13.6. The minimum absolute atomic E-state index is 0.0261. The number of esters is 1. The van der Waals surface area contributed by atoms with E-state index in [2.05, 4.69) is 6.58 Å². The lowest BCUT2D eigenvalue weighted by Gasteiger charge is -2.38. The summed E-state index contributed by atoms with van der Waals surface area (Å²) >= 11 is 0. The van der Waals surface area contributed by atoms with E-state index >= 15 is 0 Å². The van der Waals surface area contributed by atoms with Crippen LogP contribution in [-0.2, 0) is 25.4 Å². The average Bonchev–Trinajstić information content (AvgIpc) is 2.88. The van der Waals surface area contributed by atoms with E-state index in [1.165, 1.54) is 6.92 Å². The number of carbonyl (C=O) groups excluding carboxylic acids is 3. The number of carbonyl (C=O) groups is 3. The molecule has 2 rings (SSSR count). The molecule has 0 fully saturated rings. The number of Topliss-reactive ketones (excluding diaryl/α,β-unsaturated/α-hetero) is 1. The molecule has 0 radical (unpaired) electrons. The Morgan fingerprint density at radius 3 is 2.00 bits per heavy atom. The molecular weight excluding hydrogens is 462 g/mol. The fourth-order valence-corrected chi connectivity index (χ4v) is 3.66. The van der Waals surface area contributed by atoms with Gasteiger partial charge in [0.1, 0.15) is 32.2 Å². The van der Waals surface area contributed by atoms with Crippen LogP contribution in [0.2, 0.25) is 0 Å². The van der Waals surface area contributed by atoms with Gasteiger partial charge in [0.2, 0.25) is 0 Å². The van der Waals surface area contributed by atoms with Crippen molar-refractivity contribution in [3.8, 4) is 5.75 Å². The highest BCUT2D eigenvalue weighted by Crippen LogP contribution is 2.28. The number of ether oxygens (including phenoxy) is 4. The molecule has 0 amide bonds. The first kappa shape index (κ1) is 28.6. The highest BCUT2D eigenvalue weighted by Gasteiger charge is 2.39. The maximum Gasteiger partial charge on any atom is 0.508 e. The van der Waals surface area contributed by atoms with Crippen molar-refractivity contribution in [1.82, 2.24) is 4.90 Å². The van der Waals surface area contributed by atoms with E-state index in [1.54, 1.807) is 24.3 Å². The van der Waals surface area contributed by atoms with Crippen molar-refractivity contribution in [3.05, 3.63) is 77.9 Å². The van der Waals surface area contributed by atoms with Crippen molar-refractivity contribution in [3.63, 3.8) is 0 Å². The van der Waals surface area contributed by atoms with Crippen molar-refractivity contribution in [2.45, 2.75) is 32.2 Å². The molecule has 2 aromatic rings. The van der Waals surface area contributed by atoms with Gasteiger partial charge in [0.05, 0.1) is 5.54 Å². The van der Waals surface area contributed by atoms with Crippen LogP contribution in [0.15, 0.2) is 66.7 Å². The molecule has 0 bridgehead atoms. The Morgan fingerprint density at radius 2 is 1.44 bits per heavy atom. The molecule has 0 heterocycles. The fraction of sp³-hybridized carbons (Fsp3) is 0.393. The van der Waals surface area contributed by atoms with Gasteiger partial charge in [-0.15, -0.1) is 0 Å². The van der Waals surface area contributed by atoms with E-state index in [4.69, 9.17) is 18.9 Å². The molecule has 0 saturated carbocycles. The Morgan fingerprint density at radius 1 is 0.861 bits per heavy atom. The molecule has 1 unspecified atom stereocenters. The lowest BCUT2D eigenvalue weighted by Crippen LogP contribution is -2.52. The van der Waals surface area contributed by atoms with Crippen LogP contribution in [0.4, 0.5) is 4.79 Å². The normalized spacial score (nSPS) is 12.4. The van der Waals surface area contributed by atoms with E-state index in [1.807, 2.05) is 56.3 Å². The topological polar surface area (TPSA) is 91.4 Å². The lowest BCUT2D eigenvalue weighted by atomic mass is 9.80. The van der Waals surface area contributed by atoms with E-state index in [0.29, 0.717) is 24.2 Å². The van der Waals surface area contributed by atoms with Gasteiger partial charge >= 0.3 is 12.1 Å². The number of benzene rings is 2. The fourth-order valence-electron chi connectivity index (χ4n) is 3.66. The molecule has 0 aliphatic rings. The van der Waals surface area contributed by atoms with Crippen molar-refractivity contribution in [2.75, 3.05) is 40.5 Å². The molecule has 1 atom stereocenters. The van der Waals surface area contributed by atoms with Crippen molar-refractivity contribution < 1.29 is 33.3 Å². The third-order valence-corrected chi connectivity index (χ3v) is 5.78. The minimum Gasteiger partial charge on any atom is -0.490 e. The smallest absolute Gasteiger partial charge is 0.490 e. The third kappa shape index (κ3) is 8.23. The molecule has 0 saturated heterocycles. The van der Waals surface area contributed by atoms with Gasteiger partial charge < -0.3 is 18.9 Å². The van der Waals surface area contributed by atoms with Crippen LogP contribution in [0, 0.1) is 0 Å². The van der Waals surface area contributed by atoms with Crippen molar-refractivity contribution in [2.24, 2.45) is 0 Å². The second kappa shape index (κ2) is 14.0. The maximum absolute atomic E-state index is 13.6. The molecule has 2 aromatic carbocycles. The number of likely N-dealkylation sites (N-methyl/N-ethyl adjacent to an activating group) is 1. The first-order valence-electron chi connectivity index (χ1n) is 11.8. The van der Waals surface area contributed by atoms with Crippen LogP contribution >= 0.6 is 0 Å². The van der Waals surface area contributed by atoms with Crippen LogP contribution < -0.4 is 4.74 Å². The highest BCUT2D eigenvalue weighted by molar-refractivity contribution is 6.03. The van der Waals surface area contributed by atoms with E-state index in [0.717, 1.165) is 5.56 Å². The van der Waals surface area contributed by atoms with Gasteiger partial charge in [-0.2, -0.15) is 0 Å². The quantitative estimate of drug-likeness (QED) is 0.163. The summed E-state index contributed by atoms with van der Waals surface area (Å²) in [6, 6.07) is 16.9. The van der Waals surface area contributed by atoms with Gasteiger partial charge in [-0.1, -0.05) is 43.8 Å². The Labute approximate surface area is 212 Å². The first-order valence-corrected chi connectivity index (χ1v) is 11.8. The number of hydrogen-bond acceptors (Lipinski definition) is 8. The van der Waals surface area contributed by atoms with Gasteiger partial charge in [0.15, 0.2) is 5.78 Å². The number of ketones is 1. The number of hydrogen-bond donors (Lipinski definition) is 0. The van der Waals surface area contributed by atoms with E-state index in [-0.39, 0.29) is 37.8 Å².